The van der Waals surface area contributed by atoms with Gasteiger partial charge in [0.1, 0.15) is 22.9 Å². The van der Waals surface area contributed by atoms with Crippen LogP contribution in [0, 0.1) is 19.7 Å². The van der Waals surface area contributed by atoms with Crippen molar-refractivity contribution >= 4 is 33.5 Å². The Morgan fingerprint density at radius 3 is 2.64 bits per heavy atom. The minimum atomic E-state index is -0.666. The third-order valence-electron chi connectivity index (χ3n) is 2.80. The first-order valence-electron chi connectivity index (χ1n) is 6.36. The van der Waals surface area contributed by atoms with E-state index < -0.39 is 24.3 Å². The van der Waals surface area contributed by atoms with E-state index in [0.717, 1.165) is 0 Å². The molecule has 0 aliphatic rings. The average Bonchev–Trinajstić information content (AvgIpc) is 2.78. The molecular weight excluding hydrogens is 357 g/mol. The van der Waals surface area contributed by atoms with Crippen molar-refractivity contribution in [3.63, 3.8) is 0 Å². The molecule has 1 N–H and O–H groups in total. The highest BCUT2D eigenvalue weighted by Crippen LogP contribution is 2.19. The van der Waals surface area contributed by atoms with Gasteiger partial charge in [0.15, 0.2) is 6.61 Å². The van der Waals surface area contributed by atoms with Gasteiger partial charge in [-0.1, -0.05) is 15.9 Å². The van der Waals surface area contributed by atoms with Gasteiger partial charge in [-0.05, 0) is 38.1 Å². The summed E-state index contributed by atoms with van der Waals surface area (Å²) in [5, 5.41) is 2.33. The third-order valence-corrected chi connectivity index (χ3v) is 3.29. The molecule has 0 bridgehead atoms. The second-order valence-electron chi connectivity index (χ2n) is 4.58. The number of nitrogens with one attached hydrogen (secondary N) is 1. The number of hydrogen-bond acceptors (Lipinski definition) is 4. The fraction of sp³-hybridized carbons (Fsp3) is 0.200. The van der Waals surface area contributed by atoms with Crippen molar-refractivity contribution in [2.45, 2.75) is 13.8 Å². The molecule has 0 aliphatic carbocycles. The van der Waals surface area contributed by atoms with Gasteiger partial charge in [-0.25, -0.2) is 9.18 Å². The van der Waals surface area contributed by atoms with E-state index in [1.54, 1.807) is 19.9 Å². The maximum absolute atomic E-state index is 13.6. The number of aryl methyl sites for hydroxylation is 2. The van der Waals surface area contributed by atoms with E-state index in [2.05, 4.69) is 21.2 Å². The Bertz CT molecular complexity index is 726. The van der Waals surface area contributed by atoms with Crippen LogP contribution < -0.4 is 5.32 Å². The molecular formula is C15H13BrFNO4. The van der Waals surface area contributed by atoms with Crippen molar-refractivity contribution in [2.75, 3.05) is 11.9 Å². The Hall–Kier alpha value is -2.15. The number of carbonyl (C=O) groups is 2. The van der Waals surface area contributed by atoms with Crippen LogP contribution in [0.5, 0.6) is 0 Å². The molecule has 7 heteroatoms. The molecule has 1 aromatic carbocycles. The fourth-order valence-corrected chi connectivity index (χ4v) is 2.15. The largest absolute Gasteiger partial charge is 0.466 e. The first-order valence-corrected chi connectivity index (χ1v) is 7.15. The molecule has 0 atom stereocenters. The second kappa shape index (κ2) is 6.74. The van der Waals surface area contributed by atoms with Gasteiger partial charge in [-0.2, -0.15) is 0 Å². The fourth-order valence-electron chi connectivity index (χ4n) is 1.82. The number of furan rings is 1. The molecule has 1 amide bonds. The van der Waals surface area contributed by atoms with Crippen molar-refractivity contribution in [1.82, 2.24) is 0 Å². The summed E-state index contributed by atoms with van der Waals surface area (Å²) < 4.78 is 24.2. The Balaban J connectivity index is 1.92. The molecule has 1 aromatic heterocycles. The molecule has 0 saturated carbocycles. The van der Waals surface area contributed by atoms with Crippen molar-refractivity contribution < 1.29 is 23.1 Å². The number of hydrogen-bond donors (Lipinski definition) is 1. The van der Waals surface area contributed by atoms with Crippen LogP contribution in [-0.4, -0.2) is 18.5 Å². The van der Waals surface area contributed by atoms with Crippen LogP contribution >= 0.6 is 15.9 Å². The topological polar surface area (TPSA) is 68.5 Å². The van der Waals surface area contributed by atoms with E-state index in [4.69, 9.17) is 9.15 Å². The van der Waals surface area contributed by atoms with Crippen molar-refractivity contribution in [2.24, 2.45) is 0 Å². The summed E-state index contributed by atoms with van der Waals surface area (Å²) in [4.78, 5) is 23.5. The van der Waals surface area contributed by atoms with Crippen molar-refractivity contribution in [3.05, 3.63) is 51.6 Å². The monoisotopic (exact) mass is 369 g/mol. The van der Waals surface area contributed by atoms with Crippen molar-refractivity contribution in [1.29, 1.82) is 0 Å². The van der Waals surface area contributed by atoms with Gasteiger partial charge in [0.2, 0.25) is 0 Å². The van der Waals surface area contributed by atoms with Gasteiger partial charge >= 0.3 is 5.97 Å². The molecule has 22 heavy (non-hydrogen) atoms. The van der Waals surface area contributed by atoms with E-state index in [1.165, 1.54) is 18.2 Å². The average molecular weight is 370 g/mol. The number of anilines is 1. The van der Waals surface area contributed by atoms with Gasteiger partial charge in [0, 0.05) is 4.47 Å². The van der Waals surface area contributed by atoms with Crippen LogP contribution in [-0.2, 0) is 9.53 Å². The Morgan fingerprint density at radius 1 is 1.32 bits per heavy atom. The van der Waals surface area contributed by atoms with E-state index in [0.29, 0.717) is 16.0 Å². The predicted molar refractivity (Wildman–Crippen MR) is 81.2 cm³/mol. The number of esters is 1. The molecule has 116 valence electrons. The number of rotatable bonds is 4. The number of ether oxygens (including phenoxy) is 1. The smallest absolute Gasteiger partial charge is 0.342 e. The standard InChI is InChI=1S/C15H13BrFNO4/c1-8-5-11(9(2)22-8)15(20)21-7-14(19)18-13-4-3-10(16)6-12(13)17/h3-6H,7H2,1-2H3,(H,18,19). The molecule has 2 aromatic rings. The maximum Gasteiger partial charge on any atom is 0.342 e. The second-order valence-corrected chi connectivity index (χ2v) is 5.49. The highest BCUT2D eigenvalue weighted by molar-refractivity contribution is 9.10. The molecule has 1 heterocycles. The zero-order chi connectivity index (χ0) is 16.3. The van der Waals surface area contributed by atoms with Gasteiger partial charge in [0.25, 0.3) is 5.91 Å². The quantitative estimate of drug-likeness (QED) is 0.836. The van der Waals surface area contributed by atoms with E-state index in [9.17, 15) is 14.0 Å². The molecule has 0 aliphatic heterocycles. The molecule has 0 saturated heterocycles. The molecule has 5 nitrogen and oxygen atoms in total. The van der Waals surface area contributed by atoms with Crippen LogP contribution in [0.1, 0.15) is 21.9 Å². The van der Waals surface area contributed by atoms with Crippen LogP contribution in [0.3, 0.4) is 0 Å². The molecule has 2 rings (SSSR count). The number of benzene rings is 1. The first kappa shape index (κ1) is 16.2. The third kappa shape index (κ3) is 3.94. The first-order chi connectivity index (χ1) is 10.4. The van der Waals surface area contributed by atoms with Crippen molar-refractivity contribution in [3.8, 4) is 0 Å². The lowest BCUT2D eigenvalue weighted by atomic mass is 10.2. The van der Waals surface area contributed by atoms with Gasteiger partial charge in [0.05, 0.1) is 5.69 Å². The highest BCUT2D eigenvalue weighted by Gasteiger charge is 2.16. The summed E-state index contributed by atoms with van der Waals surface area (Å²) in [5.74, 6) is -0.892. The SMILES string of the molecule is Cc1cc(C(=O)OCC(=O)Nc2ccc(Br)cc2F)c(C)o1. The Morgan fingerprint density at radius 2 is 2.05 bits per heavy atom. The molecule has 0 spiro atoms. The summed E-state index contributed by atoms with van der Waals surface area (Å²) in [6, 6.07) is 5.74. The zero-order valence-corrected chi connectivity index (χ0v) is 13.5. The lowest BCUT2D eigenvalue weighted by molar-refractivity contribution is -0.119. The van der Waals surface area contributed by atoms with Crippen LogP contribution in [0.4, 0.5) is 10.1 Å². The molecule has 0 unspecified atom stereocenters. The number of halogens is 2. The van der Waals surface area contributed by atoms with Crippen LogP contribution in [0.2, 0.25) is 0 Å². The Labute approximate surface area is 134 Å². The lowest BCUT2D eigenvalue weighted by Gasteiger charge is -2.07. The summed E-state index contributed by atoms with van der Waals surface area (Å²) in [6.07, 6.45) is 0. The molecule has 0 fully saturated rings. The lowest BCUT2D eigenvalue weighted by Crippen LogP contribution is -2.21. The van der Waals surface area contributed by atoms with Crippen LogP contribution in [0.25, 0.3) is 0 Å². The summed E-state index contributed by atoms with van der Waals surface area (Å²) in [7, 11) is 0. The maximum atomic E-state index is 13.6. The zero-order valence-electron chi connectivity index (χ0n) is 11.9. The van der Waals surface area contributed by atoms with Crippen LogP contribution in [0.15, 0.2) is 33.2 Å². The predicted octanol–water partition coefficient (Wildman–Crippen LogP) is 3.59. The van der Waals surface area contributed by atoms with Gasteiger partial charge in [-0.3, -0.25) is 4.79 Å². The summed E-state index contributed by atoms with van der Waals surface area (Å²) in [6.45, 7) is 2.81. The minimum absolute atomic E-state index is 0.0135. The number of amides is 1. The number of carbonyl (C=O) groups excluding carboxylic acids is 2. The normalized spacial score (nSPS) is 10.4. The van der Waals surface area contributed by atoms with Gasteiger partial charge in [-0.15, -0.1) is 0 Å². The molecule has 0 radical (unpaired) electrons. The van der Waals surface area contributed by atoms with Gasteiger partial charge < -0.3 is 14.5 Å². The summed E-state index contributed by atoms with van der Waals surface area (Å²) in [5.41, 5.74) is 0.278. The van der Waals surface area contributed by atoms with E-state index in [1.807, 2.05) is 0 Å². The highest BCUT2D eigenvalue weighted by atomic mass is 79.9. The minimum Gasteiger partial charge on any atom is -0.466 e. The van der Waals surface area contributed by atoms with E-state index in [-0.39, 0.29) is 11.3 Å². The Kier molecular flexibility index (Phi) is 4.97. The summed E-state index contributed by atoms with van der Waals surface area (Å²) >= 11 is 3.12. The van der Waals surface area contributed by atoms with E-state index >= 15 is 0 Å².